The molecule has 1 aromatic carbocycles. The number of ether oxygens (including phenoxy) is 1. The van der Waals surface area contributed by atoms with Crippen molar-refractivity contribution in [3.63, 3.8) is 0 Å². The number of hydrogen-bond acceptors (Lipinski definition) is 7. The molecule has 0 aliphatic heterocycles. The highest BCUT2D eigenvalue weighted by molar-refractivity contribution is 5.56. The first-order valence-electron chi connectivity index (χ1n) is 7.56. The Morgan fingerprint density at radius 1 is 1.04 bits per heavy atom. The van der Waals surface area contributed by atoms with Crippen LogP contribution in [0, 0.1) is 13.8 Å². The van der Waals surface area contributed by atoms with Gasteiger partial charge in [-0.3, -0.25) is 0 Å². The standard InChI is InChI=1S/C17H19N5O2/c1-11-8-17(22-24-11)21-16-9-15(19-12(2)20-16)18-10-13-6-4-5-7-14(13)23-3/h4-9H,10H2,1-3H3,(H2,18,19,20,21,22). The minimum Gasteiger partial charge on any atom is -0.496 e. The summed E-state index contributed by atoms with van der Waals surface area (Å²) < 4.78 is 10.4. The highest BCUT2D eigenvalue weighted by Gasteiger charge is 2.07. The molecular formula is C17H19N5O2. The molecule has 0 aliphatic carbocycles. The Kier molecular flexibility index (Phi) is 4.60. The molecule has 2 N–H and O–H groups in total. The monoisotopic (exact) mass is 325 g/mol. The first kappa shape index (κ1) is 15.8. The summed E-state index contributed by atoms with van der Waals surface area (Å²) in [4.78, 5) is 8.76. The fourth-order valence-electron chi connectivity index (χ4n) is 2.31. The van der Waals surface area contributed by atoms with Crippen molar-refractivity contribution in [1.82, 2.24) is 15.1 Å². The molecule has 0 radical (unpaired) electrons. The van der Waals surface area contributed by atoms with Crippen LogP contribution < -0.4 is 15.4 Å². The third kappa shape index (κ3) is 3.81. The number of hydrogen-bond donors (Lipinski definition) is 2. The fraction of sp³-hybridized carbons (Fsp3) is 0.235. The average molecular weight is 325 g/mol. The molecule has 2 heterocycles. The van der Waals surface area contributed by atoms with Crippen LogP contribution in [0.15, 0.2) is 40.9 Å². The molecule has 2 aromatic heterocycles. The molecule has 124 valence electrons. The molecule has 0 unspecified atom stereocenters. The molecule has 0 saturated heterocycles. The normalized spacial score (nSPS) is 10.5. The molecule has 0 spiro atoms. The van der Waals surface area contributed by atoms with Gasteiger partial charge in [0, 0.05) is 24.2 Å². The van der Waals surface area contributed by atoms with Gasteiger partial charge in [0.25, 0.3) is 0 Å². The van der Waals surface area contributed by atoms with Gasteiger partial charge in [-0.25, -0.2) is 9.97 Å². The second-order valence-corrected chi connectivity index (χ2v) is 5.30. The van der Waals surface area contributed by atoms with Gasteiger partial charge >= 0.3 is 0 Å². The maximum atomic E-state index is 5.36. The molecule has 0 bridgehead atoms. The number of para-hydroxylation sites is 1. The molecule has 0 fully saturated rings. The molecule has 7 heteroatoms. The fourth-order valence-corrected chi connectivity index (χ4v) is 2.31. The van der Waals surface area contributed by atoms with Gasteiger partial charge in [-0.15, -0.1) is 0 Å². The minimum absolute atomic E-state index is 0.600. The molecular weight excluding hydrogens is 306 g/mol. The van der Waals surface area contributed by atoms with E-state index < -0.39 is 0 Å². The van der Waals surface area contributed by atoms with Gasteiger partial charge in [0.05, 0.1) is 7.11 Å². The van der Waals surface area contributed by atoms with Crippen molar-refractivity contribution >= 4 is 17.5 Å². The minimum atomic E-state index is 0.600. The molecule has 0 atom stereocenters. The topological polar surface area (TPSA) is 85.1 Å². The van der Waals surface area contributed by atoms with Crippen molar-refractivity contribution in [1.29, 1.82) is 0 Å². The van der Waals surface area contributed by atoms with Gasteiger partial charge in [0.1, 0.15) is 29.0 Å². The Hall–Kier alpha value is -3.09. The third-order valence-corrected chi connectivity index (χ3v) is 3.37. The van der Waals surface area contributed by atoms with Crippen molar-refractivity contribution < 1.29 is 9.26 Å². The van der Waals surface area contributed by atoms with E-state index in [1.807, 2.05) is 44.2 Å². The second-order valence-electron chi connectivity index (χ2n) is 5.30. The lowest BCUT2D eigenvalue weighted by atomic mass is 10.2. The van der Waals surface area contributed by atoms with E-state index in [2.05, 4.69) is 25.8 Å². The lowest BCUT2D eigenvalue weighted by molar-refractivity contribution is 0.400. The smallest absolute Gasteiger partial charge is 0.175 e. The van der Waals surface area contributed by atoms with Crippen LogP contribution >= 0.6 is 0 Å². The van der Waals surface area contributed by atoms with E-state index in [4.69, 9.17) is 9.26 Å². The number of nitrogens with one attached hydrogen (secondary N) is 2. The lowest BCUT2D eigenvalue weighted by Crippen LogP contribution is -2.06. The van der Waals surface area contributed by atoms with Crippen molar-refractivity contribution in [2.24, 2.45) is 0 Å². The Labute approximate surface area is 140 Å². The van der Waals surface area contributed by atoms with Crippen LogP contribution in [0.25, 0.3) is 0 Å². The molecule has 3 aromatic rings. The Morgan fingerprint density at radius 3 is 2.58 bits per heavy atom. The van der Waals surface area contributed by atoms with Gasteiger partial charge in [-0.2, -0.15) is 0 Å². The highest BCUT2D eigenvalue weighted by Crippen LogP contribution is 2.20. The van der Waals surface area contributed by atoms with Gasteiger partial charge in [0.15, 0.2) is 5.82 Å². The van der Waals surface area contributed by atoms with Crippen LogP contribution in [0.2, 0.25) is 0 Å². The molecule has 3 rings (SSSR count). The number of rotatable bonds is 6. The Morgan fingerprint density at radius 2 is 1.83 bits per heavy atom. The van der Waals surface area contributed by atoms with Crippen LogP contribution in [0.1, 0.15) is 17.1 Å². The molecule has 7 nitrogen and oxygen atoms in total. The summed E-state index contributed by atoms with van der Waals surface area (Å²) in [6.07, 6.45) is 0. The zero-order valence-corrected chi connectivity index (χ0v) is 13.8. The number of aryl methyl sites for hydroxylation is 2. The summed E-state index contributed by atoms with van der Waals surface area (Å²) in [5.41, 5.74) is 1.05. The first-order chi connectivity index (χ1) is 11.6. The second kappa shape index (κ2) is 6.99. The number of benzene rings is 1. The molecule has 0 saturated carbocycles. The predicted octanol–water partition coefficient (Wildman–Crippen LogP) is 3.45. The third-order valence-electron chi connectivity index (χ3n) is 3.37. The number of anilines is 3. The van der Waals surface area contributed by atoms with E-state index in [-0.39, 0.29) is 0 Å². The number of nitrogens with zero attached hydrogens (tertiary/aromatic N) is 3. The number of methoxy groups -OCH3 is 1. The quantitative estimate of drug-likeness (QED) is 0.718. The van der Waals surface area contributed by atoms with Gasteiger partial charge < -0.3 is 19.9 Å². The summed E-state index contributed by atoms with van der Waals surface area (Å²) in [6.45, 7) is 4.28. The Balaban J connectivity index is 1.74. The van der Waals surface area contributed by atoms with E-state index in [0.29, 0.717) is 24.0 Å². The predicted molar refractivity (Wildman–Crippen MR) is 91.6 cm³/mol. The van der Waals surface area contributed by atoms with Crippen LogP contribution in [0.4, 0.5) is 17.5 Å². The summed E-state index contributed by atoms with van der Waals surface area (Å²) >= 11 is 0. The van der Waals surface area contributed by atoms with E-state index in [0.717, 1.165) is 22.9 Å². The molecule has 0 aliphatic rings. The molecule has 0 amide bonds. The zero-order chi connectivity index (χ0) is 16.9. The SMILES string of the molecule is COc1ccccc1CNc1cc(Nc2cc(C)on2)nc(C)n1. The average Bonchev–Trinajstić information content (AvgIpc) is 2.97. The van der Waals surface area contributed by atoms with E-state index in [1.54, 1.807) is 13.2 Å². The van der Waals surface area contributed by atoms with Gasteiger partial charge in [-0.05, 0) is 19.9 Å². The Bertz CT molecular complexity index is 831. The van der Waals surface area contributed by atoms with E-state index >= 15 is 0 Å². The van der Waals surface area contributed by atoms with Crippen molar-refractivity contribution in [2.75, 3.05) is 17.7 Å². The van der Waals surface area contributed by atoms with Crippen molar-refractivity contribution in [3.05, 3.63) is 53.5 Å². The van der Waals surface area contributed by atoms with Crippen LogP contribution in [0.5, 0.6) is 5.75 Å². The zero-order valence-electron chi connectivity index (χ0n) is 13.8. The maximum absolute atomic E-state index is 5.36. The van der Waals surface area contributed by atoms with E-state index in [1.165, 1.54) is 0 Å². The maximum Gasteiger partial charge on any atom is 0.175 e. The van der Waals surface area contributed by atoms with Crippen molar-refractivity contribution in [2.45, 2.75) is 20.4 Å². The lowest BCUT2D eigenvalue weighted by Gasteiger charge is -2.11. The van der Waals surface area contributed by atoms with Gasteiger partial charge in [-0.1, -0.05) is 23.4 Å². The van der Waals surface area contributed by atoms with Crippen molar-refractivity contribution in [3.8, 4) is 5.75 Å². The summed E-state index contributed by atoms with van der Waals surface area (Å²) in [7, 11) is 1.66. The number of aromatic nitrogens is 3. The van der Waals surface area contributed by atoms with Crippen LogP contribution in [0.3, 0.4) is 0 Å². The van der Waals surface area contributed by atoms with Crippen LogP contribution in [-0.2, 0) is 6.54 Å². The van der Waals surface area contributed by atoms with Crippen LogP contribution in [-0.4, -0.2) is 22.2 Å². The summed E-state index contributed by atoms with van der Waals surface area (Å²) in [5, 5.41) is 10.3. The first-order valence-corrected chi connectivity index (χ1v) is 7.56. The summed E-state index contributed by atoms with van der Waals surface area (Å²) in [5.74, 6) is 4.21. The summed E-state index contributed by atoms with van der Waals surface area (Å²) in [6, 6.07) is 11.5. The molecule has 24 heavy (non-hydrogen) atoms. The van der Waals surface area contributed by atoms with E-state index in [9.17, 15) is 0 Å². The highest BCUT2D eigenvalue weighted by atomic mass is 16.5. The largest absolute Gasteiger partial charge is 0.496 e. The van der Waals surface area contributed by atoms with Gasteiger partial charge in [0.2, 0.25) is 0 Å².